The summed E-state index contributed by atoms with van der Waals surface area (Å²) in [7, 11) is 2.10. The molecule has 0 bridgehead atoms. The zero-order valence-corrected chi connectivity index (χ0v) is 15.3. The van der Waals surface area contributed by atoms with Crippen LogP contribution in [-0.4, -0.2) is 17.3 Å². The molecule has 4 rings (SSSR count). The Morgan fingerprint density at radius 3 is 2.43 bits per heavy atom. The summed E-state index contributed by atoms with van der Waals surface area (Å²) in [6, 6.07) is 18.7. The van der Waals surface area contributed by atoms with Crippen LogP contribution in [0.25, 0.3) is 11.3 Å². The smallest absolute Gasteiger partial charge is 0.213 e. The molecule has 0 aliphatic carbocycles. The van der Waals surface area contributed by atoms with Crippen LogP contribution in [0.15, 0.2) is 65.1 Å². The summed E-state index contributed by atoms with van der Waals surface area (Å²) >= 11 is 1.66. The van der Waals surface area contributed by atoms with Crippen LogP contribution in [-0.2, 0) is 4.74 Å². The van der Waals surface area contributed by atoms with Crippen LogP contribution >= 0.6 is 11.8 Å². The minimum Gasteiger partial charge on any atom is -1.00 e. The highest BCUT2D eigenvalue weighted by atomic mass is 79.9. The molecular weight excluding hydrogens is 370 g/mol. The van der Waals surface area contributed by atoms with Gasteiger partial charge in [-0.1, -0.05) is 54.2 Å². The molecule has 116 valence electrons. The summed E-state index contributed by atoms with van der Waals surface area (Å²) < 4.78 is 8.39. The minimum absolute atomic E-state index is 0. The highest BCUT2D eigenvalue weighted by molar-refractivity contribution is 8.06. The highest BCUT2D eigenvalue weighted by Crippen LogP contribution is 2.44. The first-order valence-electron chi connectivity index (χ1n) is 7.27. The number of hydrogen-bond donors (Lipinski definition) is 0. The number of benzene rings is 2. The molecule has 2 aliphatic rings. The predicted molar refractivity (Wildman–Crippen MR) is 93.0 cm³/mol. The van der Waals surface area contributed by atoms with Crippen molar-refractivity contribution in [3.05, 3.63) is 76.2 Å². The minimum atomic E-state index is 0. The summed E-state index contributed by atoms with van der Waals surface area (Å²) in [6.07, 6.45) is 0. The molecule has 0 amide bonds. The number of fused-ring (bicyclic) bond motifs is 1. The molecule has 4 heteroatoms. The molecular formula is C19H16BrNOS. The third-order valence-corrected chi connectivity index (χ3v) is 4.97. The number of nitrogens with zero attached hydrogens (tertiary/aromatic N) is 1. The molecule has 2 aliphatic heterocycles. The van der Waals surface area contributed by atoms with Crippen molar-refractivity contribution in [3.63, 3.8) is 0 Å². The fourth-order valence-electron chi connectivity index (χ4n) is 2.87. The van der Waals surface area contributed by atoms with Gasteiger partial charge in [-0.05, 0) is 6.07 Å². The van der Waals surface area contributed by atoms with Crippen LogP contribution in [0.4, 0.5) is 5.69 Å². The number of halogens is 1. The number of thioether (sulfide) groups is 1. The Labute approximate surface area is 151 Å². The first-order chi connectivity index (χ1) is 10.8. The molecule has 0 saturated carbocycles. The van der Waals surface area contributed by atoms with E-state index in [1.165, 1.54) is 22.5 Å². The van der Waals surface area contributed by atoms with E-state index in [0.29, 0.717) is 0 Å². The lowest BCUT2D eigenvalue weighted by atomic mass is 10.1. The van der Waals surface area contributed by atoms with Crippen LogP contribution in [0.5, 0.6) is 0 Å². The van der Waals surface area contributed by atoms with Crippen molar-refractivity contribution >= 4 is 34.5 Å². The molecule has 0 N–H and O–H groups in total. The van der Waals surface area contributed by atoms with Crippen molar-refractivity contribution in [1.29, 1.82) is 0 Å². The van der Waals surface area contributed by atoms with Crippen molar-refractivity contribution in [2.45, 2.75) is 6.92 Å². The van der Waals surface area contributed by atoms with E-state index in [1.54, 1.807) is 11.8 Å². The van der Waals surface area contributed by atoms with E-state index in [1.807, 2.05) is 18.2 Å². The van der Waals surface area contributed by atoms with Gasteiger partial charge >= 0.3 is 0 Å². The molecule has 2 nitrogen and oxygen atoms in total. The van der Waals surface area contributed by atoms with Gasteiger partial charge in [0, 0.05) is 24.0 Å². The Morgan fingerprint density at radius 1 is 0.957 bits per heavy atom. The van der Waals surface area contributed by atoms with Gasteiger partial charge in [0.05, 0.1) is 5.56 Å². The second-order valence-electron chi connectivity index (χ2n) is 5.39. The third-order valence-electron chi connectivity index (χ3n) is 4.14. The molecule has 0 aromatic heterocycles. The molecule has 23 heavy (non-hydrogen) atoms. The Bertz CT molecular complexity index is 853. The maximum atomic E-state index is 6.16. The Hall–Kier alpha value is -1.78. The van der Waals surface area contributed by atoms with Crippen LogP contribution < -0.4 is 17.0 Å². The van der Waals surface area contributed by atoms with E-state index in [4.69, 9.17) is 4.74 Å². The molecule has 0 atom stereocenters. The Morgan fingerprint density at radius 2 is 1.65 bits per heavy atom. The number of ether oxygens (including phenoxy) is 1. The van der Waals surface area contributed by atoms with E-state index in [-0.39, 0.29) is 17.0 Å². The molecule has 0 radical (unpaired) electrons. The zero-order chi connectivity index (χ0) is 15.1. The van der Waals surface area contributed by atoms with Gasteiger partial charge in [-0.25, -0.2) is 0 Å². The maximum Gasteiger partial charge on any atom is 0.213 e. The SMILES string of the molecule is CC1=[N+](C)c2ccccc2/C1=C1/OC(c2ccccc2)=CS1.[Br-]. The third kappa shape index (κ3) is 2.66. The van der Waals surface area contributed by atoms with Crippen molar-refractivity contribution in [1.82, 2.24) is 0 Å². The molecule has 2 heterocycles. The van der Waals surface area contributed by atoms with E-state index < -0.39 is 0 Å². The second kappa shape index (κ2) is 6.38. The van der Waals surface area contributed by atoms with Gasteiger partial charge < -0.3 is 21.7 Å². The lowest BCUT2D eigenvalue weighted by Gasteiger charge is -2.06. The molecule has 0 unspecified atom stereocenters. The largest absolute Gasteiger partial charge is 1.00 e. The second-order valence-corrected chi connectivity index (χ2v) is 6.23. The van der Waals surface area contributed by atoms with Gasteiger partial charge in [-0.3, -0.25) is 0 Å². The number of rotatable bonds is 1. The van der Waals surface area contributed by atoms with Crippen molar-refractivity contribution < 1.29 is 26.3 Å². The maximum absolute atomic E-state index is 6.16. The fourth-order valence-corrected chi connectivity index (χ4v) is 3.78. The Kier molecular flexibility index (Phi) is 4.46. The summed E-state index contributed by atoms with van der Waals surface area (Å²) in [5.41, 5.74) is 6.02. The lowest BCUT2D eigenvalue weighted by molar-refractivity contribution is -0.401. The molecule has 0 spiro atoms. The van der Waals surface area contributed by atoms with Crippen LogP contribution in [0.2, 0.25) is 0 Å². The first kappa shape index (κ1) is 16.1. The number of para-hydroxylation sites is 1. The van der Waals surface area contributed by atoms with E-state index in [9.17, 15) is 0 Å². The molecule has 2 aromatic carbocycles. The van der Waals surface area contributed by atoms with E-state index in [2.05, 4.69) is 60.4 Å². The average molecular weight is 386 g/mol. The van der Waals surface area contributed by atoms with Gasteiger partial charge in [-0.2, -0.15) is 4.58 Å². The molecule has 2 aromatic rings. The lowest BCUT2D eigenvalue weighted by Crippen LogP contribution is -3.00. The summed E-state index contributed by atoms with van der Waals surface area (Å²) in [5, 5.41) is 3.06. The zero-order valence-electron chi connectivity index (χ0n) is 12.9. The molecule has 0 saturated heterocycles. The standard InChI is InChI=1S/C19H16NOS.BrH/c1-13-18(15-10-6-7-11-16(15)20(13)2)19-21-17(12-22-19)14-8-4-3-5-9-14;/h3-12H,1-2H3;1H/q+1;/p-1/b19-18-;. The Balaban J connectivity index is 0.00000156. The summed E-state index contributed by atoms with van der Waals surface area (Å²) in [5.74, 6) is 0.924. The van der Waals surface area contributed by atoms with Gasteiger partial charge in [0.15, 0.2) is 10.8 Å². The number of hydrogen-bond acceptors (Lipinski definition) is 2. The highest BCUT2D eigenvalue weighted by Gasteiger charge is 2.34. The summed E-state index contributed by atoms with van der Waals surface area (Å²) in [4.78, 5) is 0. The van der Waals surface area contributed by atoms with Gasteiger partial charge in [0.25, 0.3) is 0 Å². The van der Waals surface area contributed by atoms with Gasteiger partial charge in [0.1, 0.15) is 18.4 Å². The topological polar surface area (TPSA) is 12.2 Å². The predicted octanol–water partition coefficient (Wildman–Crippen LogP) is 1.87. The van der Waals surface area contributed by atoms with Crippen LogP contribution in [0.1, 0.15) is 18.1 Å². The van der Waals surface area contributed by atoms with E-state index in [0.717, 1.165) is 16.4 Å². The van der Waals surface area contributed by atoms with E-state index >= 15 is 0 Å². The monoisotopic (exact) mass is 385 g/mol. The summed E-state index contributed by atoms with van der Waals surface area (Å²) in [6.45, 7) is 2.15. The van der Waals surface area contributed by atoms with Crippen molar-refractivity contribution in [3.8, 4) is 0 Å². The van der Waals surface area contributed by atoms with Crippen molar-refractivity contribution in [2.75, 3.05) is 7.05 Å². The van der Waals surface area contributed by atoms with Crippen LogP contribution in [0, 0.1) is 0 Å². The molecule has 0 fully saturated rings. The average Bonchev–Trinajstić information content (AvgIpc) is 3.13. The van der Waals surface area contributed by atoms with Crippen molar-refractivity contribution in [2.24, 2.45) is 0 Å². The number of allylic oxidation sites excluding steroid dienone is 1. The van der Waals surface area contributed by atoms with Gasteiger partial charge in [0.2, 0.25) is 5.69 Å². The first-order valence-corrected chi connectivity index (χ1v) is 8.15. The van der Waals surface area contributed by atoms with Gasteiger partial charge in [-0.15, -0.1) is 0 Å². The van der Waals surface area contributed by atoms with Crippen LogP contribution in [0.3, 0.4) is 0 Å². The quantitative estimate of drug-likeness (QED) is 0.694. The normalized spacial score (nSPS) is 19.1. The fraction of sp³-hybridized carbons (Fsp3) is 0.105.